The van der Waals surface area contributed by atoms with Crippen molar-refractivity contribution >= 4 is 17.6 Å². The summed E-state index contributed by atoms with van der Waals surface area (Å²) in [5, 5.41) is 6.34. The predicted molar refractivity (Wildman–Crippen MR) is 89.0 cm³/mol. The zero-order valence-electron chi connectivity index (χ0n) is 13.4. The number of nitrogens with zero attached hydrogens (tertiary/aromatic N) is 5. The van der Waals surface area contributed by atoms with Gasteiger partial charge in [0.25, 0.3) is 0 Å². The lowest BCUT2D eigenvalue weighted by molar-refractivity contribution is 0.397. The first kappa shape index (κ1) is 15.3. The minimum Gasteiger partial charge on any atom is -0.481 e. The number of methoxy groups -OCH3 is 1. The monoisotopic (exact) mass is 315 g/mol. The molecular weight excluding hydrogens is 294 g/mol. The van der Waals surface area contributed by atoms with Gasteiger partial charge in [-0.1, -0.05) is 0 Å². The van der Waals surface area contributed by atoms with E-state index in [0.717, 1.165) is 37.6 Å². The molecule has 0 amide bonds. The summed E-state index contributed by atoms with van der Waals surface area (Å²) >= 11 is 0. The molecule has 8 nitrogen and oxygen atoms in total. The predicted octanol–water partition coefficient (Wildman–Crippen LogP) is 1.40. The molecule has 23 heavy (non-hydrogen) atoms. The summed E-state index contributed by atoms with van der Waals surface area (Å²) in [6.45, 7) is 1.75. The van der Waals surface area contributed by atoms with E-state index >= 15 is 0 Å². The van der Waals surface area contributed by atoms with Crippen LogP contribution in [-0.2, 0) is 0 Å². The van der Waals surface area contributed by atoms with Gasteiger partial charge >= 0.3 is 0 Å². The summed E-state index contributed by atoms with van der Waals surface area (Å²) in [6.07, 6.45) is 5.53. The normalized spacial score (nSPS) is 17.1. The number of hydrogen-bond donors (Lipinski definition) is 2. The summed E-state index contributed by atoms with van der Waals surface area (Å²) in [5.74, 6) is 2.90. The molecule has 3 rings (SSSR count). The fraction of sp³-hybridized carbons (Fsp3) is 0.467. The van der Waals surface area contributed by atoms with Crippen LogP contribution in [0.25, 0.3) is 0 Å². The quantitative estimate of drug-likeness (QED) is 0.827. The summed E-state index contributed by atoms with van der Waals surface area (Å²) < 4.78 is 5.12. The van der Waals surface area contributed by atoms with Crippen LogP contribution in [0, 0.1) is 0 Å². The fourth-order valence-electron chi connectivity index (χ4n) is 2.74. The van der Waals surface area contributed by atoms with Crippen LogP contribution in [0.3, 0.4) is 0 Å². The van der Waals surface area contributed by atoms with Gasteiger partial charge in [0.1, 0.15) is 18.0 Å². The molecule has 1 unspecified atom stereocenters. The van der Waals surface area contributed by atoms with Crippen LogP contribution in [0.4, 0.5) is 17.6 Å². The van der Waals surface area contributed by atoms with Crippen molar-refractivity contribution in [2.24, 2.45) is 0 Å². The molecule has 0 bridgehead atoms. The third kappa shape index (κ3) is 3.58. The highest BCUT2D eigenvalue weighted by Gasteiger charge is 2.26. The van der Waals surface area contributed by atoms with Crippen LogP contribution in [0.2, 0.25) is 0 Å². The zero-order valence-corrected chi connectivity index (χ0v) is 13.4. The van der Waals surface area contributed by atoms with E-state index in [1.807, 2.05) is 13.1 Å². The maximum atomic E-state index is 5.12. The van der Waals surface area contributed by atoms with Gasteiger partial charge in [0.15, 0.2) is 0 Å². The molecular formula is C15H21N7O. The highest BCUT2D eigenvalue weighted by molar-refractivity contribution is 5.49. The van der Waals surface area contributed by atoms with Crippen molar-refractivity contribution in [1.82, 2.24) is 19.9 Å². The van der Waals surface area contributed by atoms with Crippen LogP contribution in [0.15, 0.2) is 24.7 Å². The third-order valence-electron chi connectivity index (χ3n) is 3.92. The number of anilines is 3. The maximum Gasteiger partial charge on any atom is 0.226 e. The molecule has 3 heterocycles. The second kappa shape index (κ2) is 7.08. The Kier molecular flexibility index (Phi) is 4.70. The zero-order chi connectivity index (χ0) is 16.1. The lowest BCUT2D eigenvalue weighted by Crippen LogP contribution is -2.35. The third-order valence-corrected chi connectivity index (χ3v) is 3.92. The molecule has 0 saturated carbocycles. The summed E-state index contributed by atoms with van der Waals surface area (Å²) in [4.78, 5) is 19.4. The van der Waals surface area contributed by atoms with Crippen molar-refractivity contribution in [3.63, 3.8) is 0 Å². The highest BCUT2D eigenvalue weighted by Crippen LogP contribution is 2.25. The van der Waals surface area contributed by atoms with Gasteiger partial charge in [-0.15, -0.1) is 0 Å². The molecule has 0 radical (unpaired) electrons. The summed E-state index contributed by atoms with van der Waals surface area (Å²) in [7, 11) is 3.45. The first-order chi connectivity index (χ1) is 11.3. The largest absolute Gasteiger partial charge is 0.481 e. The summed E-state index contributed by atoms with van der Waals surface area (Å²) in [5.41, 5.74) is 0. The standard InChI is InChI=1S/C15H21N7O/c1-16-12-8-13(20-10-19-12)22-7-3-4-11(22)9-18-15-17-6-5-14(21-15)23-2/h5-6,8,10-11H,3-4,7,9H2,1-2H3,(H,16,19,20)(H,17,18,21). The lowest BCUT2D eigenvalue weighted by Gasteiger charge is -2.26. The van der Waals surface area contributed by atoms with Crippen LogP contribution >= 0.6 is 0 Å². The average molecular weight is 315 g/mol. The van der Waals surface area contributed by atoms with E-state index in [2.05, 4.69) is 35.5 Å². The molecule has 0 aliphatic carbocycles. The Balaban J connectivity index is 1.66. The first-order valence-electron chi connectivity index (χ1n) is 7.67. The van der Waals surface area contributed by atoms with Gasteiger partial charge < -0.3 is 20.3 Å². The Labute approximate surface area is 135 Å². The van der Waals surface area contributed by atoms with E-state index in [1.54, 1.807) is 25.7 Å². The molecule has 2 aromatic rings. The average Bonchev–Trinajstić information content (AvgIpc) is 3.09. The molecule has 2 aromatic heterocycles. The van der Waals surface area contributed by atoms with Crippen LogP contribution in [0.5, 0.6) is 5.88 Å². The Morgan fingerprint density at radius 2 is 2.26 bits per heavy atom. The smallest absolute Gasteiger partial charge is 0.226 e. The number of ether oxygens (including phenoxy) is 1. The van der Waals surface area contributed by atoms with Gasteiger partial charge in [-0.2, -0.15) is 4.98 Å². The van der Waals surface area contributed by atoms with Gasteiger partial charge in [-0.3, -0.25) is 0 Å². The van der Waals surface area contributed by atoms with Crippen molar-refractivity contribution in [2.45, 2.75) is 18.9 Å². The van der Waals surface area contributed by atoms with Crippen molar-refractivity contribution in [2.75, 3.05) is 42.8 Å². The van der Waals surface area contributed by atoms with Gasteiger partial charge in [0.2, 0.25) is 11.8 Å². The van der Waals surface area contributed by atoms with Crippen molar-refractivity contribution in [3.05, 3.63) is 24.7 Å². The molecule has 1 saturated heterocycles. The highest BCUT2D eigenvalue weighted by atomic mass is 16.5. The van der Waals surface area contributed by atoms with Crippen LogP contribution in [0.1, 0.15) is 12.8 Å². The SMILES string of the molecule is CNc1cc(N2CCCC2CNc2nccc(OC)n2)ncn1. The van der Waals surface area contributed by atoms with E-state index in [0.29, 0.717) is 17.9 Å². The number of rotatable bonds is 6. The molecule has 8 heteroatoms. The molecule has 1 aliphatic heterocycles. The number of nitrogens with one attached hydrogen (secondary N) is 2. The Bertz CT molecular complexity index is 651. The Morgan fingerprint density at radius 1 is 1.35 bits per heavy atom. The molecule has 1 atom stereocenters. The molecule has 2 N–H and O–H groups in total. The Morgan fingerprint density at radius 3 is 3.09 bits per heavy atom. The van der Waals surface area contributed by atoms with E-state index in [1.165, 1.54) is 0 Å². The number of aromatic nitrogens is 4. The van der Waals surface area contributed by atoms with Gasteiger partial charge in [-0.05, 0) is 12.8 Å². The van der Waals surface area contributed by atoms with E-state index in [4.69, 9.17) is 4.74 Å². The Hall–Kier alpha value is -2.64. The minimum atomic E-state index is 0.351. The molecule has 1 fully saturated rings. The van der Waals surface area contributed by atoms with Crippen LogP contribution < -0.4 is 20.3 Å². The van der Waals surface area contributed by atoms with Crippen LogP contribution in [-0.4, -0.2) is 53.2 Å². The van der Waals surface area contributed by atoms with Crippen molar-refractivity contribution in [1.29, 1.82) is 0 Å². The van der Waals surface area contributed by atoms with E-state index < -0.39 is 0 Å². The summed E-state index contributed by atoms with van der Waals surface area (Å²) in [6, 6.07) is 4.05. The molecule has 0 spiro atoms. The minimum absolute atomic E-state index is 0.351. The van der Waals surface area contributed by atoms with Crippen molar-refractivity contribution < 1.29 is 4.74 Å². The van der Waals surface area contributed by atoms with Gasteiger partial charge in [0.05, 0.1) is 7.11 Å². The lowest BCUT2D eigenvalue weighted by atomic mass is 10.2. The second-order valence-corrected chi connectivity index (χ2v) is 5.30. The topological polar surface area (TPSA) is 88.1 Å². The fourth-order valence-corrected chi connectivity index (χ4v) is 2.74. The number of hydrogen-bond acceptors (Lipinski definition) is 8. The van der Waals surface area contributed by atoms with Crippen molar-refractivity contribution in [3.8, 4) is 5.88 Å². The maximum absolute atomic E-state index is 5.12. The molecule has 0 aromatic carbocycles. The molecule has 122 valence electrons. The first-order valence-corrected chi connectivity index (χ1v) is 7.67. The molecule has 1 aliphatic rings. The van der Waals surface area contributed by atoms with Gasteiger partial charge in [-0.25, -0.2) is 15.0 Å². The second-order valence-electron chi connectivity index (χ2n) is 5.30. The van der Waals surface area contributed by atoms with Gasteiger partial charge in [0, 0.05) is 44.5 Å². The van der Waals surface area contributed by atoms with E-state index in [9.17, 15) is 0 Å². The van der Waals surface area contributed by atoms with E-state index in [-0.39, 0.29) is 0 Å².